The number of rotatable bonds is 8. The molecule has 0 aliphatic carbocycles. The van der Waals surface area contributed by atoms with E-state index in [-0.39, 0.29) is 5.69 Å². The zero-order chi connectivity index (χ0) is 23.1. The molecule has 2 N–H and O–H groups in total. The van der Waals surface area contributed by atoms with Crippen LogP contribution in [0.1, 0.15) is 22.7 Å². The van der Waals surface area contributed by atoms with Gasteiger partial charge in [-0.1, -0.05) is 42.5 Å². The molecular weight excluding hydrogens is 421 g/mol. The molecule has 0 bridgehead atoms. The molecule has 0 radical (unpaired) electrons. The molecule has 0 aliphatic rings. The highest BCUT2D eigenvalue weighted by atomic mass is 19.4. The summed E-state index contributed by atoms with van der Waals surface area (Å²) < 4.78 is 49.6. The second-order valence-corrected chi connectivity index (χ2v) is 6.98. The molecule has 1 unspecified atom stereocenters. The molecule has 3 aromatic carbocycles. The first-order valence-electron chi connectivity index (χ1n) is 9.79. The van der Waals surface area contributed by atoms with Gasteiger partial charge in [0.15, 0.2) is 11.5 Å². The van der Waals surface area contributed by atoms with Crippen LogP contribution in [0.4, 0.5) is 18.9 Å². The number of benzene rings is 3. The van der Waals surface area contributed by atoms with Crippen molar-refractivity contribution in [2.75, 3.05) is 19.5 Å². The number of anilines is 1. The van der Waals surface area contributed by atoms with Gasteiger partial charge in [-0.05, 0) is 41.5 Å². The summed E-state index contributed by atoms with van der Waals surface area (Å²) in [5.74, 6) is 0.658. The van der Waals surface area contributed by atoms with Gasteiger partial charge >= 0.3 is 6.18 Å². The van der Waals surface area contributed by atoms with E-state index in [1.807, 2.05) is 12.1 Å². The number of hydrogen-bond acceptors (Lipinski definition) is 4. The Bertz CT molecular complexity index is 1060. The number of nitrogens with one attached hydrogen (secondary N) is 2. The summed E-state index contributed by atoms with van der Waals surface area (Å²) in [7, 11) is 3.07. The van der Waals surface area contributed by atoms with Gasteiger partial charge in [0.25, 0.3) is 0 Å². The summed E-state index contributed by atoms with van der Waals surface area (Å²) in [6.07, 6.45) is -4.49. The third-order valence-electron chi connectivity index (χ3n) is 4.81. The van der Waals surface area contributed by atoms with Crippen LogP contribution in [0.3, 0.4) is 0 Å². The van der Waals surface area contributed by atoms with Gasteiger partial charge in [-0.2, -0.15) is 13.2 Å². The first-order valence-corrected chi connectivity index (χ1v) is 9.79. The van der Waals surface area contributed by atoms with Crippen LogP contribution in [0.2, 0.25) is 0 Å². The van der Waals surface area contributed by atoms with Crippen molar-refractivity contribution in [2.45, 2.75) is 18.8 Å². The lowest BCUT2D eigenvalue weighted by Gasteiger charge is -2.20. The summed E-state index contributed by atoms with van der Waals surface area (Å²) in [6, 6.07) is 18.1. The van der Waals surface area contributed by atoms with Crippen molar-refractivity contribution in [3.8, 4) is 11.5 Å². The molecule has 0 spiro atoms. The van der Waals surface area contributed by atoms with Crippen molar-refractivity contribution < 1.29 is 27.4 Å². The Labute approximate surface area is 184 Å². The van der Waals surface area contributed by atoms with Crippen molar-refractivity contribution in [1.29, 1.82) is 0 Å². The Morgan fingerprint density at radius 2 is 1.62 bits per heavy atom. The Morgan fingerprint density at radius 1 is 0.906 bits per heavy atom. The summed E-state index contributed by atoms with van der Waals surface area (Å²) in [5, 5.41) is 5.76. The molecule has 8 heteroatoms. The van der Waals surface area contributed by atoms with Gasteiger partial charge in [0.05, 0.1) is 19.8 Å². The lowest BCUT2D eigenvalue weighted by Crippen LogP contribution is -2.32. The Morgan fingerprint density at radius 3 is 2.28 bits per heavy atom. The monoisotopic (exact) mass is 444 g/mol. The van der Waals surface area contributed by atoms with E-state index in [2.05, 4.69) is 10.6 Å². The van der Waals surface area contributed by atoms with E-state index >= 15 is 0 Å². The minimum absolute atomic E-state index is 0.0682. The molecule has 168 valence electrons. The first kappa shape index (κ1) is 23.1. The molecule has 0 saturated carbocycles. The van der Waals surface area contributed by atoms with Gasteiger partial charge in [0.2, 0.25) is 5.91 Å². The molecule has 1 atom stereocenters. The van der Waals surface area contributed by atoms with Crippen LogP contribution in [0.5, 0.6) is 11.5 Å². The number of ether oxygens (including phenoxy) is 2. The van der Waals surface area contributed by atoms with Gasteiger partial charge in [0.1, 0.15) is 6.04 Å². The average Bonchev–Trinajstić information content (AvgIpc) is 2.79. The van der Waals surface area contributed by atoms with Gasteiger partial charge < -0.3 is 14.8 Å². The van der Waals surface area contributed by atoms with Gasteiger partial charge in [-0.15, -0.1) is 0 Å². The summed E-state index contributed by atoms with van der Waals surface area (Å²) in [4.78, 5) is 13.0. The van der Waals surface area contributed by atoms with Crippen LogP contribution >= 0.6 is 0 Å². The SMILES string of the molecule is COc1ccc(CNC(C(=O)Nc2cccc(C(F)(F)F)c2)c2ccccc2)cc1OC. The molecule has 3 aromatic rings. The largest absolute Gasteiger partial charge is 0.493 e. The number of carbonyl (C=O) groups excluding carboxylic acids is 1. The Balaban J connectivity index is 1.80. The smallest absolute Gasteiger partial charge is 0.416 e. The number of carbonyl (C=O) groups is 1. The molecule has 0 aromatic heterocycles. The average molecular weight is 444 g/mol. The lowest BCUT2D eigenvalue weighted by molar-refractivity contribution is -0.137. The minimum atomic E-state index is -4.49. The summed E-state index contributed by atoms with van der Waals surface area (Å²) in [6.45, 7) is 0.315. The Hall–Kier alpha value is -3.52. The molecule has 0 saturated heterocycles. The second kappa shape index (κ2) is 10.2. The maximum absolute atomic E-state index is 13.0. The topological polar surface area (TPSA) is 59.6 Å². The van der Waals surface area contributed by atoms with Crippen molar-refractivity contribution >= 4 is 11.6 Å². The molecular formula is C24H23F3N2O3. The molecule has 3 rings (SSSR count). The molecule has 0 aliphatic heterocycles. The highest BCUT2D eigenvalue weighted by Gasteiger charge is 2.30. The van der Waals surface area contributed by atoms with Crippen molar-refractivity contribution in [2.24, 2.45) is 0 Å². The number of hydrogen-bond donors (Lipinski definition) is 2. The minimum Gasteiger partial charge on any atom is -0.493 e. The normalized spacial score (nSPS) is 12.2. The molecule has 1 amide bonds. The summed E-state index contributed by atoms with van der Waals surface area (Å²) >= 11 is 0. The highest BCUT2D eigenvalue weighted by Crippen LogP contribution is 2.31. The molecule has 0 heterocycles. The number of methoxy groups -OCH3 is 2. The zero-order valence-corrected chi connectivity index (χ0v) is 17.6. The predicted molar refractivity (Wildman–Crippen MR) is 116 cm³/mol. The highest BCUT2D eigenvalue weighted by molar-refractivity contribution is 5.95. The Kier molecular flexibility index (Phi) is 7.37. The van der Waals surface area contributed by atoms with Crippen molar-refractivity contribution in [1.82, 2.24) is 5.32 Å². The van der Waals surface area contributed by atoms with Crippen molar-refractivity contribution in [3.05, 3.63) is 89.5 Å². The molecule has 5 nitrogen and oxygen atoms in total. The van der Waals surface area contributed by atoms with E-state index in [4.69, 9.17) is 9.47 Å². The fourth-order valence-corrected chi connectivity index (χ4v) is 3.21. The van der Waals surface area contributed by atoms with Crippen LogP contribution in [0, 0.1) is 0 Å². The van der Waals surface area contributed by atoms with Crippen LogP contribution in [0.15, 0.2) is 72.8 Å². The van der Waals surface area contributed by atoms with Gasteiger partial charge in [-0.25, -0.2) is 0 Å². The van der Waals surface area contributed by atoms with Gasteiger partial charge in [-0.3, -0.25) is 10.1 Å². The summed E-state index contributed by atoms with van der Waals surface area (Å²) in [5.41, 5.74) is 0.761. The first-order chi connectivity index (χ1) is 15.3. The fraction of sp³-hybridized carbons (Fsp3) is 0.208. The number of amides is 1. The van der Waals surface area contributed by atoms with E-state index in [0.717, 1.165) is 17.7 Å². The van der Waals surface area contributed by atoms with E-state index in [1.54, 1.807) is 43.5 Å². The third kappa shape index (κ3) is 5.79. The van der Waals surface area contributed by atoms with Gasteiger partial charge in [0, 0.05) is 12.2 Å². The maximum atomic E-state index is 13.0. The van der Waals surface area contributed by atoms with Crippen LogP contribution in [0.25, 0.3) is 0 Å². The quantitative estimate of drug-likeness (QED) is 0.502. The van der Waals surface area contributed by atoms with E-state index in [1.165, 1.54) is 19.2 Å². The standard InChI is InChI=1S/C24H23F3N2O3/c1-31-20-12-11-16(13-21(20)32-2)15-28-22(17-7-4-3-5-8-17)23(30)29-19-10-6-9-18(14-19)24(25,26)27/h3-14,22,28H,15H2,1-2H3,(H,29,30). The van der Waals surface area contributed by atoms with Crippen LogP contribution in [-0.4, -0.2) is 20.1 Å². The van der Waals surface area contributed by atoms with Crippen LogP contribution in [-0.2, 0) is 17.5 Å². The molecule has 32 heavy (non-hydrogen) atoms. The molecule has 0 fully saturated rings. The third-order valence-corrected chi connectivity index (χ3v) is 4.81. The van der Waals surface area contributed by atoms with Crippen molar-refractivity contribution in [3.63, 3.8) is 0 Å². The maximum Gasteiger partial charge on any atom is 0.416 e. The number of halogens is 3. The lowest BCUT2D eigenvalue weighted by atomic mass is 10.0. The predicted octanol–water partition coefficient (Wildman–Crippen LogP) is 5.19. The van der Waals surface area contributed by atoms with E-state index in [0.29, 0.717) is 23.6 Å². The van der Waals surface area contributed by atoms with E-state index < -0.39 is 23.7 Å². The van der Waals surface area contributed by atoms with E-state index in [9.17, 15) is 18.0 Å². The second-order valence-electron chi connectivity index (χ2n) is 6.98. The van der Waals surface area contributed by atoms with Crippen LogP contribution < -0.4 is 20.1 Å². The fourth-order valence-electron chi connectivity index (χ4n) is 3.21. The number of alkyl halides is 3. The zero-order valence-electron chi connectivity index (χ0n) is 17.6.